The van der Waals surface area contributed by atoms with E-state index in [9.17, 15) is 0 Å². The van der Waals surface area contributed by atoms with Gasteiger partial charge in [-0.3, -0.25) is 0 Å². The van der Waals surface area contributed by atoms with Gasteiger partial charge in [0.1, 0.15) is 0 Å². The summed E-state index contributed by atoms with van der Waals surface area (Å²) in [6, 6.07) is 24.0. The fraction of sp³-hybridized carbons (Fsp3) is 0.167. The first-order chi connectivity index (χ1) is 13.4. The zero-order valence-corrected chi connectivity index (χ0v) is 22.2. The third-order valence-electron chi connectivity index (χ3n) is 6.61. The fourth-order valence-electron chi connectivity index (χ4n) is 5.03. The van der Waals surface area contributed by atoms with E-state index in [0.29, 0.717) is 0 Å². The monoisotopic (exact) mass is 588 g/mol. The van der Waals surface area contributed by atoms with Gasteiger partial charge in [0.25, 0.3) is 0 Å². The number of halogens is 2. The number of hydrogen-bond donors (Lipinski definition) is 0. The quantitative estimate of drug-likeness (QED) is 0.224. The van der Waals surface area contributed by atoms with E-state index in [1.807, 2.05) is 0 Å². The molecule has 1 atom stereocenters. The van der Waals surface area contributed by atoms with Crippen molar-refractivity contribution in [2.45, 2.75) is 23.2 Å². The van der Waals surface area contributed by atoms with Crippen molar-refractivity contribution in [3.8, 4) is 11.1 Å². The molecule has 0 aliphatic heterocycles. The second-order valence-electron chi connectivity index (χ2n) is 8.21. The van der Waals surface area contributed by atoms with Gasteiger partial charge in [0.2, 0.25) is 0 Å². The van der Waals surface area contributed by atoms with E-state index in [4.69, 9.17) is 17.2 Å². The van der Waals surface area contributed by atoms with Crippen LogP contribution in [0.25, 0.3) is 17.2 Å². The molecule has 0 saturated heterocycles. The first kappa shape index (κ1) is 19.1. The molecule has 0 radical (unpaired) electrons. The summed E-state index contributed by atoms with van der Waals surface area (Å²) in [6.07, 6.45) is 5.48. The van der Waals surface area contributed by atoms with Gasteiger partial charge in [0.05, 0.1) is 0 Å². The molecule has 0 saturated carbocycles. The third-order valence-corrected chi connectivity index (χ3v) is 69.7. The molecule has 28 heavy (non-hydrogen) atoms. The maximum atomic E-state index is 7.89. The normalized spacial score (nSPS) is 17.2. The fourth-order valence-corrected chi connectivity index (χ4v) is 38.6. The predicted octanol–water partition coefficient (Wildman–Crippen LogP) is 6.90. The summed E-state index contributed by atoms with van der Waals surface area (Å²) < 4.78 is 1.47. The van der Waals surface area contributed by atoms with E-state index in [-0.39, 0.29) is 3.67 Å². The molecule has 2 aliphatic rings. The summed E-state index contributed by atoms with van der Waals surface area (Å²) in [4.78, 5) is 0. The molecule has 2 aliphatic carbocycles. The van der Waals surface area contributed by atoms with Crippen LogP contribution in [0.15, 0.2) is 72.8 Å². The van der Waals surface area contributed by atoms with Gasteiger partial charge < -0.3 is 0 Å². The molecule has 0 amide bonds. The molecule has 3 aromatic carbocycles. The Morgan fingerprint density at radius 3 is 2.39 bits per heavy atom. The van der Waals surface area contributed by atoms with Crippen LogP contribution in [0.1, 0.15) is 25.9 Å². The van der Waals surface area contributed by atoms with Crippen LogP contribution in [0.5, 0.6) is 0 Å². The van der Waals surface area contributed by atoms with Gasteiger partial charge in [-0.1, -0.05) is 0 Å². The Hall–Kier alpha value is -0.933. The van der Waals surface area contributed by atoms with Gasteiger partial charge in [-0.2, -0.15) is 0 Å². The van der Waals surface area contributed by atoms with Gasteiger partial charge in [-0.05, 0) is 0 Å². The summed E-state index contributed by atoms with van der Waals surface area (Å²) in [5.41, 5.74) is 7.08. The van der Waals surface area contributed by atoms with E-state index in [2.05, 4.69) is 92.0 Å². The average molecular weight is 588 g/mol. The standard InChI is InChI=1S/C13H9.C9H7.C2H6Si.2ClH.Hf/c1-3-7-12-10(5-1)9-11-6-2-4-8-13(11)12;1-2-5-9-7-3-6-8(9)4-1;1-3-2;;;/h1-5,7-8H,9H2;1-7H;1-2H3;2*1H;/q;;;;;+2/p-2. The van der Waals surface area contributed by atoms with Crippen LogP contribution in [-0.4, -0.2) is 5.49 Å². The molecule has 4 heteroatoms. The van der Waals surface area contributed by atoms with Crippen LogP contribution in [0, 0.1) is 0 Å². The first-order valence-electron chi connectivity index (χ1n) is 9.77. The Kier molecular flexibility index (Phi) is 4.45. The molecule has 140 valence electrons. The second kappa shape index (κ2) is 6.53. The van der Waals surface area contributed by atoms with Crippen LogP contribution < -0.4 is 3.32 Å². The summed E-state index contributed by atoms with van der Waals surface area (Å²) in [5.74, 6) is 0. The number of allylic oxidation sites excluding steroid dienone is 1. The zero-order valence-electron chi connectivity index (χ0n) is 16.0. The summed E-state index contributed by atoms with van der Waals surface area (Å²) >= 11 is -4.55. The van der Waals surface area contributed by atoms with E-state index in [1.54, 1.807) is 0 Å². The van der Waals surface area contributed by atoms with Crippen LogP contribution in [-0.2, 0) is 21.2 Å². The van der Waals surface area contributed by atoms with Gasteiger partial charge in [-0.15, -0.1) is 0 Å². The van der Waals surface area contributed by atoms with Crippen molar-refractivity contribution in [2.75, 3.05) is 0 Å². The number of fused-ring (bicyclic) bond motifs is 4. The second-order valence-corrected chi connectivity index (χ2v) is 61.1. The molecular formula is C24H22Cl2HfSi. The van der Waals surface area contributed by atoms with Crippen molar-refractivity contribution in [3.63, 3.8) is 0 Å². The van der Waals surface area contributed by atoms with Gasteiger partial charge in [-0.25, -0.2) is 0 Å². The van der Waals surface area contributed by atoms with E-state index < -0.39 is 20.3 Å². The van der Waals surface area contributed by atoms with Crippen LogP contribution >= 0.6 is 17.2 Å². The van der Waals surface area contributed by atoms with Crippen LogP contribution in [0.2, 0.25) is 13.1 Å². The van der Waals surface area contributed by atoms with Crippen molar-refractivity contribution in [1.82, 2.24) is 0 Å². The molecule has 0 heterocycles. The van der Waals surface area contributed by atoms with E-state index >= 15 is 0 Å². The SMILES string of the molecule is C[Si](C)=[Hf]([Cl])([Cl])([c]1cccc2c1Cc1ccccc1-2)[CH]1C=Cc2ccccc21. The van der Waals surface area contributed by atoms with Crippen LogP contribution in [0.3, 0.4) is 0 Å². The Bertz CT molecular complexity index is 1230. The minimum absolute atomic E-state index is 0.163. The third kappa shape index (κ3) is 2.51. The molecule has 3 aromatic rings. The molecule has 0 fully saturated rings. The maximum absolute atomic E-state index is 7.89. The Labute approximate surface area is 175 Å². The zero-order chi connectivity index (χ0) is 19.5. The first-order valence-corrected chi connectivity index (χ1v) is 30.4. The van der Waals surface area contributed by atoms with E-state index in [0.717, 1.165) is 6.42 Å². The van der Waals surface area contributed by atoms with Crippen molar-refractivity contribution in [1.29, 1.82) is 0 Å². The van der Waals surface area contributed by atoms with Gasteiger partial charge >= 0.3 is 176 Å². The molecule has 0 bridgehead atoms. The van der Waals surface area contributed by atoms with Crippen LogP contribution in [0.4, 0.5) is 0 Å². The Balaban J connectivity index is 1.81. The summed E-state index contributed by atoms with van der Waals surface area (Å²) in [5, 5.41) is 0. The van der Waals surface area contributed by atoms with Crippen molar-refractivity contribution < 1.29 is 14.8 Å². The number of hydrogen-bond acceptors (Lipinski definition) is 0. The molecule has 0 aromatic heterocycles. The van der Waals surface area contributed by atoms with Gasteiger partial charge in [0, 0.05) is 0 Å². The molecule has 0 N–H and O–H groups in total. The van der Waals surface area contributed by atoms with Crippen molar-refractivity contribution >= 4 is 32.0 Å². The topological polar surface area (TPSA) is 0 Å². The number of benzene rings is 3. The molecule has 0 nitrogen and oxygen atoms in total. The van der Waals surface area contributed by atoms with Crippen molar-refractivity contribution in [2.24, 2.45) is 0 Å². The Morgan fingerprint density at radius 1 is 0.857 bits per heavy atom. The molecule has 0 spiro atoms. The van der Waals surface area contributed by atoms with E-state index in [1.165, 1.54) is 36.7 Å². The number of rotatable bonds is 2. The average Bonchev–Trinajstić information content (AvgIpc) is 3.30. The molecular weight excluding hydrogens is 566 g/mol. The minimum atomic E-state index is -4.55. The molecule has 1 unspecified atom stereocenters. The summed E-state index contributed by atoms with van der Waals surface area (Å²) in [7, 11) is 15.8. The van der Waals surface area contributed by atoms with Gasteiger partial charge in [0.15, 0.2) is 0 Å². The molecule has 5 rings (SSSR count). The summed E-state index contributed by atoms with van der Waals surface area (Å²) in [6.45, 7) is 4.66. The van der Waals surface area contributed by atoms with Crippen molar-refractivity contribution in [3.05, 3.63) is 95.1 Å². The predicted molar refractivity (Wildman–Crippen MR) is 122 cm³/mol. The Morgan fingerprint density at radius 2 is 1.57 bits per heavy atom.